The van der Waals surface area contributed by atoms with Crippen molar-refractivity contribution in [3.05, 3.63) is 13.2 Å². The molecule has 42 valence electrons. The van der Waals surface area contributed by atoms with Gasteiger partial charge < -0.3 is 0 Å². The maximum atomic E-state index is 8.12. The highest BCUT2D eigenvalue weighted by Gasteiger charge is 1.13. The normalized spacial score (nSPS) is 2.57. The van der Waals surface area contributed by atoms with Gasteiger partial charge in [0, 0.05) is 0 Å². The summed E-state index contributed by atoms with van der Waals surface area (Å²) in [5, 5.41) is 0. The summed E-state index contributed by atoms with van der Waals surface area (Å²) < 4.78 is 0. The van der Waals surface area contributed by atoms with Gasteiger partial charge in [0.25, 0.3) is 0 Å². The van der Waals surface area contributed by atoms with Crippen LogP contribution in [-0.4, -0.2) is 6.15 Å². The van der Waals surface area contributed by atoms with Crippen molar-refractivity contribution in [1.29, 1.82) is 0 Å². The van der Waals surface area contributed by atoms with Crippen molar-refractivity contribution in [3.63, 3.8) is 0 Å². The van der Waals surface area contributed by atoms with E-state index in [-0.39, 0.29) is 6.15 Å². The second-order valence-electron chi connectivity index (χ2n) is 0.0833. The zero-order valence-corrected chi connectivity index (χ0v) is 4.73. The van der Waals surface area contributed by atoms with Gasteiger partial charge in [-0.2, -0.15) is 9.59 Å². The fraction of sp³-hybridized carbons (Fsp3) is 0.400. The van der Waals surface area contributed by atoms with Gasteiger partial charge in [-0.1, -0.05) is 13.8 Å². The van der Waals surface area contributed by atoms with Crippen molar-refractivity contribution in [3.8, 4) is 0 Å². The van der Waals surface area contributed by atoms with Gasteiger partial charge in [0.05, 0.1) is 0 Å². The van der Waals surface area contributed by atoms with Gasteiger partial charge in [-0.15, -0.1) is 13.2 Å². The van der Waals surface area contributed by atoms with E-state index in [2.05, 4.69) is 13.2 Å². The van der Waals surface area contributed by atoms with E-state index in [1.807, 2.05) is 13.8 Å². The molecule has 0 aliphatic rings. The Morgan fingerprint density at radius 2 is 1.14 bits per heavy atom. The Kier molecular flexibility index (Phi) is 14200. The monoisotopic (exact) mass is 102 g/mol. The lowest BCUT2D eigenvalue weighted by atomic mass is 11.0. The average Bonchev–Trinajstić information content (AvgIpc) is 1.78. The molecule has 0 aliphatic carbocycles. The average molecular weight is 102 g/mol. The second kappa shape index (κ2) is 6040. The fourth-order valence-corrected chi connectivity index (χ4v) is 0. The van der Waals surface area contributed by atoms with Crippen molar-refractivity contribution < 1.29 is 9.59 Å². The molecule has 0 saturated heterocycles. The summed E-state index contributed by atoms with van der Waals surface area (Å²) in [5.74, 6) is 0. The molecule has 0 amide bonds. The lowest BCUT2D eigenvalue weighted by Crippen LogP contribution is -1.22. The summed E-state index contributed by atoms with van der Waals surface area (Å²) in [6.07, 6.45) is 0.250. The van der Waals surface area contributed by atoms with Gasteiger partial charge >= 0.3 is 6.15 Å². The van der Waals surface area contributed by atoms with Crippen LogP contribution in [0.2, 0.25) is 0 Å². The first-order chi connectivity index (χ1) is 3.41. The third kappa shape index (κ3) is 64.4. The van der Waals surface area contributed by atoms with Crippen LogP contribution < -0.4 is 0 Å². The number of hydrogen-bond donors (Lipinski definition) is 0. The van der Waals surface area contributed by atoms with Crippen molar-refractivity contribution in [2.24, 2.45) is 0 Å². The number of rotatable bonds is 0. The molecule has 0 aromatic heterocycles. The van der Waals surface area contributed by atoms with Crippen LogP contribution in [0, 0.1) is 0 Å². The summed E-state index contributed by atoms with van der Waals surface area (Å²) in [6, 6.07) is 0. The molecule has 0 heterocycles. The molecule has 0 atom stereocenters. The van der Waals surface area contributed by atoms with Gasteiger partial charge in [-0.05, 0) is 0 Å². The second-order valence-corrected chi connectivity index (χ2v) is 0.0833. The Labute approximate surface area is 43.8 Å². The van der Waals surface area contributed by atoms with Crippen LogP contribution in [0.5, 0.6) is 0 Å². The third-order valence-corrected chi connectivity index (χ3v) is 0. The van der Waals surface area contributed by atoms with E-state index in [4.69, 9.17) is 9.59 Å². The van der Waals surface area contributed by atoms with Gasteiger partial charge in [-0.3, -0.25) is 0 Å². The SMILES string of the molecule is C=C.CC.O=C=O. The largest absolute Gasteiger partial charge is 0.373 e. The molecule has 2 heteroatoms. The van der Waals surface area contributed by atoms with Crippen LogP contribution in [0.25, 0.3) is 0 Å². The highest BCUT2D eigenvalue weighted by Crippen LogP contribution is 1.14. The quantitative estimate of drug-likeness (QED) is 0.431. The molecule has 2 nitrogen and oxygen atoms in total. The predicted octanol–water partition coefficient (Wildman–Crippen LogP) is 1.24. The lowest BCUT2D eigenvalue weighted by molar-refractivity contribution is -0.191. The molecule has 0 saturated carbocycles. The molecule has 0 rings (SSSR count). The van der Waals surface area contributed by atoms with Crippen LogP contribution >= 0.6 is 0 Å². The summed E-state index contributed by atoms with van der Waals surface area (Å²) in [5.41, 5.74) is 0. The Bertz CT molecular complexity index is 35.3. The van der Waals surface area contributed by atoms with Crippen LogP contribution in [0.15, 0.2) is 13.2 Å². The number of hydrogen-bond acceptors (Lipinski definition) is 2. The van der Waals surface area contributed by atoms with Crippen LogP contribution in [0.1, 0.15) is 13.8 Å². The van der Waals surface area contributed by atoms with E-state index >= 15 is 0 Å². The molecule has 0 aromatic carbocycles. The van der Waals surface area contributed by atoms with Crippen LogP contribution in [-0.2, 0) is 9.59 Å². The fourth-order valence-electron chi connectivity index (χ4n) is 0. The Morgan fingerprint density at radius 3 is 1.14 bits per heavy atom. The predicted molar refractivity (Wildman–Crippen MR) is 27.6 cm³/mol. The van der Waals surface area contributed by atoms with E-state index < -0.39 is 0 Å². The first-order valence-corrected chi connectivity index (χ1v) is 1.91. The Morgan fingerprint density at radius 1 is 1.14 bits per heavy atom. The molecular formula is C5H10O2. The Balaban J connectivity index is -0.0000000360. The molecule has 0 spiro atoms. The van der Waals surface area contributed by atoms with Crippen molar-refractivity contribution in [1.82, 2.24) is 0 Å². The molecule has 0 unspecified atom stereocenters. The minimum absolute atomic E-state index is 0.250. The maximum Gasteiger partial charge on any atom is 0.373 e. The van der Waals surface area contributed by atoms with Crippen molar-refractivity contribution in [2.45, 2.75) is 13.8 Å². The van der Waals surface area contributed by atoms with E-state index in [0.717, 1.165) is 0 Å². The van der Waals surface area contributed by atoms with E-state index in [0.29, 0.717) is 0 Å². The van der Waals surface area contributed by atoms with Gasteiger partial charge in [0.15, 0.2) is 0 Å². The summed E-state index contributed by atoms with van der Waals surface area (Å²) in [7, 11) is 0. The van der Waals surface area contributed by atoms with E-state index in [1.165, 1.54) is 0 Å². The maximum absolute atomic E-state index is 8.12. The van der Waals surface area contributed by atoms with Gasteiger partial charge in [0.2, 0.25) is 0 Å². The van der Waals surface area contributed by atoms with Gasteiger partial charge in [-0.25, -0.2) is 0 Å². The van der Waals surface area contributed by atoms with E-state index in [1.54, 1.807) is 0 Å². The van der Waals surface area contributed by atoms with Gasteiger partial charge in [0.1, 0.15) is 0 Å². The minimum atomic E-state index is 0.250. The summed E-state index contributed by atoms with van der Waals surface area (Å²) >= 11 is 0. The minimum Gasteiger partial charge on any atom is -0.186 e. The molecule has 0 radical (unpaired) electrons. The Hall–Kier alpha value is -0.880. The molecular weight excluding hydrogens is 92.1 g/mol. The van der Waals surface area contributed by atoms with E-state index in [9.17, 15) is 0 Å². The molecule has 0 fully saturated rings. The topological polar surface area (TPSA) is 34.1 Å². The van der Waals surface area contributed by atoms with Crippen molar-refractivity contribution >= 4 is 6.15 Å². The highest BCUT2D eigenvalue weighted by molar-refractivity contribution is 5.20. The lowest BCUT2D eigenvalue weighted by Gasteiger charge is -1.07. The summed E-state index contributed by atoms with van der Waals surface area (Å²) in [4.78, 5) is 16.2. The van der Waals surface area contributed by atoms with Crippen LogP contribution in [0.3, 0.4) is 0 Å². The summed E-state index contributed by atoms with van der Waals surface area (Å²) in [6.45, 7) is 10.0. The third-order valence-electron chi connectivity index (χ3n) is 0. The molecule has 0 N–H and O–H groups in total. The first-order valence-electron chi connectivity index (χ1n) is 1.91. The number of carbonyl (C=O) groups excluding carboxylic acids is 2. The first kappa shape index (κ1) is 16.5. The molecule has 0 aliphatic heterocycles. The molecule has 0 aromatic rings. The van der Waals surface area contributed by atoms with Crippen LogP contribution in [0.4, 0.5) is 0 Å². The standard InChI is InChI=1S/C2H6.C2H4.CO2/c2*1-2;2-1-3/h1-2H3;1-2H2;. The molecule has 7 heavy (non-hydrogen) atoms. The zero-order valence-electron chi connectivity index (χ0n) is 4.73. The molecule has 0 bridgehead atoms. The zero-order chi connectivity index (χ0) is 6.71. The highest BCUT2D eigenvalue weighted by atomic mass is 16.2. The van der Waals surface area contributed by atoms with Crippen molar-refractivity contribution in [2.75, 3.05) is 0 Å². The smallest absolute Gasteiger partial charge is 0.186 e.